The number of ether oxygens (including phenoxy) is 1. The molecule has 8 heteroatoms. The quantitative estimate of drug-likeness (QED) is 0.361. The summed E-state index contributed by atoms with van der Waals surface area (Å²) < 4.78 is 10.8. The molecule has 1 aliphatic heterocycles. The van der Waals surface area contributed by atoms with Gasteiger partial charge in [0.1, 0.15) is 17.1 Å². The Bertz CT molecular complexity index is 1290. The molecule has 1 aliphatic rings. The molecule has 1 N–H and O–H groups in total. The fourth-order valence-corrected chi connectivity index (χ4v) is 3.40. The van der Waals surface area contributed by atoms with E-state index in [9.17, 15) is 19.2 Å². The lowest BCUT2D eigenvalue weighted by atomic mass is 10.1. The Labute approximate surface area is 189 Å². The summed E-state index contributed by atoms with van der Waals surface area (Å²) in [4.78, 5) is 50.5. The number of urea groups is 1. The van der Waals surface area contributed by atoms with Gasteiger partial charge in [0.25, 0.3) is 11.8 Å². The second kappa shape index (κ2) is 8.96. The van der Waals surface area contributed by atoms with E-state index in [0.29, 0.717) is 28.1 Å². The Morgan fingerprint density at radius 3 is 2.45 bits per heavy atom. The number of rotatable bonds is 5. The molecule has 8 nitrogen and oxygen atoms in total. The fourth-order valence-electron chi connectivity index (χ4n) is 3.40. The third-order valence-corrected chi connectivity index (χ3v) is 5.05. The summed E-state index contributed by atoms with van der Waals surface area (Å²) >= 11 is 0. The smallest absolute Gasteiger partial charge is 0.338 e. The van der Waals surface area contributed by atoms with Crippen molar-refractivity contribution in [2.24, 2.45) is 0 Å². The highest BCUT2D eigenvalue weighted by molar-refractivity contribution is 6.39. The van der Waals surface area contributed by atoms with Crippen LogP contribution in [0.25, 0.3) is 17.4 Å². The minimum Gasteiger partial charge on any atom is -0.462 e. The molecule has 4 rings (SSSR count). The van der Waals surface area contributed by atoms with Gasteiger partial charge in [0.05, 0.1) is 17.9 Å². The molecule has 0 spiro atoms. The number of imide groups is 2. The van der Waals surface area contributed by atoms with E-state index in [1.165, 1.54) is 6.08 Å². The predicted octanol–water partition coefficient (Wildman–Crippen LogP) is 4.10. The van der Waals surface area contributed by atoms with Crippen molar-refractivity contribution in [2.75, 3.05) is 11.5 Å². The van der Waals surface area contributed by atoms with E-state index in [1.54, 1.807) is 74.5 Å². The number of esters is 1. The monoisotopic (exact) mass is 444 g/mol. The molecule has 0 atom stereocenters. The molecule has 2 heterocycles. The van der Waals surface area contributed by atoms with Gasteiger partial charge in [-0.15, -0.1) is 0 Å². The summed E-state index contributed by atoms with van der Waals surface area (Å²) in [5, 5.41) is 2.19. The van der Waals surface area contributed by atoms with Crippen LogP contribution in [0.2, 0.25) is 0 Å². The van der Waals surface area contributed by atoms with Crippen LogP contribution in [-0.2, 0) is 14.3 Å². The maximum Gasteiger partial charge on any atom is 0.338 e. The number of nitrogens with one attached hydrogen (secondary N) is 1. The van der Waals surface area contributed by atoms with Crippen molar-refractivity contribution in [3.63, 3.8) is 0 Å². The van der Waals surface area contributed by atoms with Gasteiger partial charge < -0.3 is 9.15 Å². The van der Waals surface area contributed by atoms with Crippen molar-refractivity contribution in [1.29, 1.82) is 0 Å². The second-order valence-electron chi connectivity index (χ2n) is 7.24. The molecular formula is C25H20N2O6. The number of carbonyl (C=O) groups excluding carboxylic acids is 4. The lowest BCUT2D eigenvalue weighted by Crippen LogP contribution is -2.54. The van der Waals surface area contributed by atoms with Crippen LogP contribution in [0.3, 0.4) is 0 Å². The topological polar surface area (TPSA) is 106 Å². The molecule has 166 valence electrons. The Hall–Kier alpha value is -4.46. The molecule has 0 radical (unpaired) electrons. The van der Waals surface area contributed by atoms with Gasteiger partial charge in [0.2, 0.25) is 0 Å². The number of para-hydroxylation sites is 1. The second-order valence-corrected chi connectivity index (χ2v) is 7.24. The number of amides is 4. The molecule has 1 saturated heterocycles. The summed E-state index contributed by atoms with van der Waals surface area (Å²) in [6.45, 7) is 3.79. The molecule has 1 aromatic heterocycles. The molecule has 3 aromatic rings. The number of hydrogen-bond acceptors (Lipinski definition) is 6. The molecule has 0 unspecified atom stereocenters. The lowest BCUT2D eigenvalue weighted by Gasteiger charge is -2.27. The summed E-state index contributed by atoms with van der Waals surface area (Å²) in [7, 11) is 0. The van der Waals surface area contributed by atoms with Gasteiger partial charge in [-0.3, -0.25) is 14.9 Å². The van der Waals surface area contributed by atoms with Crippen LogP contribution < -0.4 is 10.2 Å². The largest absolute Gasteiger partial charge is 0.462 e. The third-order valence-electron chi connectivity index (χ3n) is 5.05. The van der Waals surface area contributed by atoms with Crippen LogP contribution >= 0.6 is 0 Å². The molecule has 0 bridgehead atoms. The van der Waals surface area contributed by atoms with Gasteiger partial charge in [-0.05, 0) is 55.8 Å². The van der Waals surface area contributed by atoms with Crippen molar-refractivity contribution in [3.05, 3.63) is 83.1 Å². The Morgan fingerprint density at radius 2 is 1.76 bits per heavy atom. The highest BCUT2D eigenvalue weighted by Gasteiger charge is 2.37. The van der Waals surface area contributed by atoms with Crippen LogP contribution in [-0.4, -0.2) is 30.4 Å². The molecular weight excluding hydrogens is 424 g/mol. The Kier molecular flexibility index (Phi) is 5.91. The van der Waals surface area contributed by atoms with E-state index in [4.69, 9.17) is 9.15 Å². The zero-order valence-corrected chi connectivity index (χ0v) is 18.0. The van der Waals surface area contributed by atoms with Gasteiger partial charge in [-0.1, -0.05) is 30.3 Å². The summed E-state index contributed by atoms with van der Waals surface area (Å²) in [6, 6.07) is 16.0. The molecule has 1 fully saturated rings. The molecule has 4 amide bonds. The van der Waals surface area contributed by atoms with Gasteiger partial charge >= 0.3 is 12.0 Å². The van der Waals surface area contributed by atoms with Gasteiger partial charge in [-0.2, -0.15) is 0 Å². The van der Waals surface area contributed by atoms with Gasteiger partial charge in [-0.25, -0.2) is 14.5 Å². The van der Waals surface area contributed by atoms with Crippen molar-refractivity contribution in [2.45, 2.75) is 13.8 Å². The van der Waals surface area contributed by atoms with E-state index in [2.05, 4.69) is 5.32 Å². The normalized spacial score (nSPS) is 15.0. The Morgan fingerprint density at radius 1 is 1.03 bits per heavy atom. The zero-order valence-electron chi connectivity index (χ0n) is 18.0. The summed E-state index contributed by atoms with van der Waals surface area (Å²) in [5.74, 6) is -1.21. The highest BCUT2D eigenvalue weighted by Crippen LogP contribution is 2.27. The first-order chi connectivity index (χ1) is 15.9. The molecule has 33 heavy (non-hydrogen) atoms. The van der Waals surface area contributed by atoms with Gasteiger partial charge in [0, 0.05) is 5.56 Å². The van der Waals surface area contributed by atoms with Crippen LogP contribution in [0, 0.1) is 6.92 Å². The predicted molar refractivity (Wildman–Crippen MR) is 120 cm³/mol. The van der Waals surface area contributed by atoms with Crippen molar-refractivity contribution < 1.29 is 28.3 Å². The van der Waals surface area contributed by atoms with Crippen LogP contribution in [0.1, 0.15) is 28.6 Å². The Balaban J connectivity index is 1.61. The van der Waals surface area contributed by atoms with Crippen LogP contribution in [0.15, 0.2) is 70.7 Å². The summed E-state index contributed by atoms with van der Waals surface area (Å²) in [6.07, 6.45) is 1.30. The molecule has 2 aromatic carbocycles. The molecule has 0 saturated carbocycles. The SMILES string of the molecule is CCOC(=O)c1ccc(-c2ccc(/C=C3\C(=O)NC(=O)N(c4ccccc4C)C3=O)o2)cc1. The number of benzene rings is 2. The number of carbonyl (C=O) groups is 4. The van der Waals surface area contributed by atoms with Crippen molar-refractivity contribution in [1.82, 2.24) is 5.32 Å². The maximum absolute atomic E-state index is 13.0. The number of aryl methyl sites for hydroxylation is 1. The van der Waals surface area contributed by atoms with E-state index in [-0.39, 0.29) is 17.9 Å². The number of anilines is 1. The first-order valence-electron chi connectivity index (χ1n) is 10.2. The molecule has 0 aliphatic carbocycles. The van der Waals surface area contributed by atoms with Gasteiger partial charge in [0.15, 0.2) is 0 Å². The van der Waals surface area contributed by atoms with Crippen molar-refractivity contribution in [3.8, 4) is 11.3 Å². The standard InChI is InChI=1S/C25H20N2O6/c1-3-32-24(30)17-10-8-16(9-11-17)21-13-12-18(33-21)14-19-22(28)26-25(31)27(23(19)29)20-7-5-4-6-15(20)2/h4-14H,3H2,1-2H3,(H,26,28,31)/b19-14+. The van der Waals surface area contributed by atoms with Crippen LogP contribution in [0.5, 0.6) is 0 Å². The average molecular weight is 444 g/mol. The first kappa shape index (κ1) is 21.8. The number of nitrogens with zero attached hydrogens (tertiary/aromatic N) is 1. The maximum atomic E-state index is 13.0. The van der Waals surface area contributed by atoms with E-state index >= 15 is 0 Å². The minimum atomic E-state index is -0.807. The van der Waals surface area contributed by atoms with E-state index in [0.717, 1.165) is 4.90 Å². The average Bonchev–Trinajstić information content (AvgIpc) is 3.27. The zero-order chi connectivity index (χ0) is 23.5. The lowest BCUT2D eigenvalue weighted by molar-refractivity contribution is -0.122. The highest BCUT2D eigenvalue weighted by atomic mass is 16.5. The number of barbiturate groups is 1. The fraction of sp³-hybridized carbons (Fsp3) is 0.120. The summed E-state index contributed by atoms with van der Waals surface area (Å²) in [5.41, 5.74) is 1.99. The number of hydrogen-bond donors (Lipinski definition) is 1. The number of furan rings is 1. The minimum absolute atomic E-state index is 0.226. The third kappa shape index (κ3) is 4.31. The first-order valence-corrected chi connectivity index (χ1v) is 10.2. The van der Waals surface area contributed by atoms with E-state index < -0.39 is 23.8 Å². The van der Waals surface area contributed by atoms with Crippen molar-refractivity contribution >= 4 is 35.6 Å². The van der Waals surface area contributed by atoms with E-state index in [1.807, 2.05) is 0 Å². The van der Waals surface area contributed by atoms with Crippen LogP contribution in [0.4, 0.5) is 10.5 Å².